The molecule has 0 saturated carbocycles. The van der Waals surface area contributed by atoms with Gasteiger partial charge in [-0.1, -0.05) is 27.8 Å². The van der Waals surface area contributed by atoms with Gasteiger partial charge in [0.15, 0.2) is 0 Å². The van der Waals surface area contributed by atoms with Gasteiger partial charge in [-0.3, -0.25) is 0 Å². The molecule has 0 radical (unpaired) electrons. The van der Waals surface area contributed by atoms with E-state index < -0.39 is 0 Å². The Labute approximate surface area is 127 Å². The van der Waals surface area contributed by atoms with E-state index in [9.17, 15) is 0 Å². The number of anilines is 1. The van der Waals surface area contributed by atoms with Gasteiger partial charge >= 0.3 is 0 Å². The van der Waals surface area contributed by atoms with Crippen molar-refractivity contribution in [1.29, 1.82) is 5.26 Å². The van der Waals surface area contributed by atoms with Crippen molar-refractivity contribution in [2.75, 3.05) is 19.0 Å². The second-order valence-corrected chi connectivity index (χ2v) is 5.41. The minimum absolute atomic E-state index is 0.580. The molecule has 20 heavy (non-hydrogen) atoms. The van der Waals surface area contributed by atoms with E-state index in [1.165, 1.54) is 0 Å². The molecule has 0 N–H and O–H groups in total. The lowest BCUT2D eigenvalue weighted by molar-refractivity contribution is 1.13. The maximum Gasteiger partial charge on any atom is 0.100 e. The van der Waals surface area contributed by atoms with E-state index in [0.717, 1.165) is 21.3 Å². The minimum Gasteiger partial charge on any atom is -0.378 e. The SMILES string of the molecule is CN(C)c1ccc(C#Cc2ccc(Br)cc2C#N)cc1. The molecule has 2 aromatic rings. The van der Waals surface area contributed by atoms with Gasteiger partial charge < -0.3 is 4.90 Å². The summed E-state index contributed by atoms with van der Waals surface area (Å²) in [7, 11) is 4.00. The summed E-state index contributed by atoms with van der Waals surface area (Å²) in [4.78, 5) is 2.04. The number of rotatable bonds is 1. The van der Waals surface area contributed by atoms with Gasteiger partial charge in [-0.25, -0.2) is 0 Å². The van der Waals surface area contributed by atoms with Gasteiger partial charge in [0.1, 0.15) is 6.07 Å². The first-order valence-electron chi connectivity index (χ1n) is 6.09. The van der Waals surface area contributed by atoms with Crippen LogP contribution in [0.3, 0.4) is 0 Å². The first-order valence-corrected chi connectivity index (χ1v) is 6.88. The monoisotopic (exact) mass is 324 g/mol. The summed E-state index contributed by atoms with van der Waals surface area (Å²) in [6.07, 6.45) is 0. The lowest BCUT2D eigenvalue weighted by atomic mass is 10.1. The fourth-order valence-corrected chi connectivity index (χ4v) is 2.06. The van der Waals surface area contributed by atoms with Gasteiger partial charge in [0.2, 0.25) is 0 Å². The molecule has 2 nitrogen and oxygen atoms in total. The van der Waals surface area contributed by atoms with Crippen LogP contribution in [0.1, 0.15) is 16.7 Å². The normalized spacial score (nSPS) is 9.30. The van der Waals surface area contributed by atoms with Crippen molar-refractivity contribution in [2.45, 2.75) is 0 Å². The molecular weight excluding hydrogens is 312 g/mol. The third-order valence-corrected chi connectivity index (χ3v) is 3.32. The molecule has 0 spiro atoms. The summed E-state index contributed by atoms with van der Waals surface area (Å²) in [6.45, 7) is 0. The van der Waals surface area contributed by atoms with Crippen LogP contribution in [0.15, 0.2) is 46.9 Å². The Balaban J connectivity index is 2.29. The number of hydrogen-bond acceptors (Lipinski definition) is 2. The summed E-state index contributed by atoms with van der Waals surface area (Å²) in [5, 5.41) is 9.09. The Morgan fingerprint density at radius 3 is 2.25 bits per heavy atom. The van der Waals surface area contributed by atoms with Crippen molar-refractivity contribution in [1.82, 2.24) is 0 Å². The highest BCUT2D eigenvalue weighted by Crippen LogP contribution is 2.16. The van der Waals surface area contributed by atoms with Gasteiger partial charge in [-0.05, 0) is 42.5 Å². The molecular formula is C17H13BrN2. The third-order valence-electron chi connectivity index (χ3n) is 2.83. The molecule has 0 bridgehead atoms. The smallest absolute Gasteiger partial charge is 0.100 e. The topological polar surface area (TPSA) is 27.0 Å². The summed E-state index contributed by atoms with van der Waals surface area (Å²) >= 11 is 3.35. The van der Waals surface area contributed by atoms with Crippen LogP contribution in [0.25, 0.3) is 0 Å². The van der Waals surface area contributed by atoms with E-state index in [0.29, 0.717) is 5.56 Å². The predicted molar refractivity (Wildman–Crippen MR) is 85.6 cm³/mol. The van der Waals surface area contributed by atoms with Crippen LogP contribution in [-0.4, -0.2) is 14.1 Å². The summed E-state index contributed by atoms with van der Waals surface area (Å²) in [5.41, 5.74) is 3.39. The van der Waals surface area contributed by atoms with Crippen LogP contribution in [0, 0.1) is 23.2 Å². The van der Waals surface area contributed by atoms with E-state index in [4.69, 9.17) is 5.26 Å². The molecule has 98 valence electrons. The molecule has 3 heteroatoms. The zero-order valence-corrected chi connectivity index (χ0v) is 12.9. The average Bonchev–Trinajstić information content (AvgIpc) is 2.46. The average molecular weight is 325 g/mol. The Hall–Kier alpha value is -2.23. The lowest BCUT2D eigenvalue weighted by Gasteiger charge is -2.11. The Morgan fingerprint density at radius 2 is 1.65 bits per heavy atom. The molecule has 0 saturated heterocycles. The molecule has 2 rings (SSSR count). The fraction of sp³-hybridized carbons (Fsp3) is 0.118. The third kappa shape index (κ3) is 3.41. The van der Waals surface area contributed by atoms with E-state index in [-0.39, 0.29) is 0 Å². The highest BCUT2D eigenvalue weighted by molar-refractivity contribution is 9.10. The van der Waals surface area contributed by atoms with Crippen LogP contribution in [0.5, 0.6) is 0 Å². The largest absolute Gasteiger partial charge is 0.378 e. The maximum absolute atomic E-state index is 9.09. The molecule has 0 unspecified atom stereocenters. The molecule has 0 heterocycles. The zero-order chi connectivity index (χ0) is 14.5. The Bertz CT molecular complexity index is 713. The van der Waals surface area contributed by atoms with Crippen LogP contribution in [0.4, 0.5) is 5.69 Å². The van der Waals surface area contributed by atoms with Gasteiger partial charge in [-0.15, -0.1) is 0 Å². The second kappa shape index (κ2) is 6.28. The van der Waals surface area contributed by atoms with Gasteiger partial charge in [-0.2, -0.15) is 5.26 Å². The first-order chi connectivity index (χ1) is 9.60. The summed E-state index contributed by atoms with van der Waals surface area (Å²) < 4.78 is 0.884. The van der Waals surface area contributed by atoms with Gasteiger partial charge in [0, 0.05) is 35.4 Å². The van der Waals surface area contributed by atoms with Crippen molar-refractivity contribution in [2.24, 2.45) is 0 Å². The number of halogens is 1. The van der Waals surface area contributed by atoms with Crippen molar-refractivity contribution in [3.63, 3.8) is 0 Å². The zero-order valence-electron chi connectivity index (χ0n) is 11.3. The van der Waals surface area contributed by atoms with Crippen LogP contribution < -0.4 is 4.90 Å². The molecule has 0 aromatic heterocycles. The van der Waals surface area contributed by atoms with Crippen molar-refractivity contribution < 1.29 is 0 Å². The number of nitriles is 1. The quantitative estimate of drug-likeness (QED) is 0.746. The van der Waals surface area contributed by atoms with Crippen LogP contribution >= 0.6 is 15.9 Å². The molecule has 0 aliphatic rings. The molecule has 0 atom stereocenters. The highest BCUT2D eigenvalue weighted by atomic mass is 79.9. The molecule has 2 aromatic carbocycles. The van der Waals surface area contributed by atoms with Crippen molar-refractivity contribution in [3.05, 3.63) is 63.6 Å². The van der Waals surface area contributed by atoms with Crippen LogP contribution in [0.2, 0.25) is 0 Å². The molecule has 0 aliphatic heterocycles. The van der Waals surface area contributed by atoms with Crippen molar-refractivity contribution >= 4 is 21.6 Å². The molecule has 0 fully saturated rings. The van der Waals surface area contributed by atoms with E-state index in [1.54, 1.807) is 6.07 Å². The summed E-state index contributed by atoms with van der Waals surface area (Å²) in [6, 6.07) is 15.7. The highest BCUT2D eigenvalue weighted by Gasteiger charge is 1.99. The maximum atomic E-state index is 9.09. The van der Waals surface area contributed by atoms with Crippen molar-refractivity contribution in [3.8, 4) is 17.9 Å². The summed E-state index contributed by atoms with van der Waals surface area (Å²) in [5.74, 6) is 6.14. The van der Waals surface area contributed by atoms with E-state index >= 15 is 0 Å². The Kier molecular flexibility index (Phi) is 4.45. The first kappa shape index (κ1) is 14.2. The second-order valence-electron chi connectivity index (χ2n) is 4.49. The standard InChI is InChI=1S/C17H13BrN2/c1-20(2)17-9-4-13(5-10-17)3-6-14-7-8-16(18)11-15(14)12-19/h4-5,7-11H,1-2H3. The van der Waals surface area contributed by atoms with Gasteiger partial charge in [0.05, 0.1) is 5.56 Å². The van der Waals surface area contributed by atoms with E-state index in [1.807, 2.05) is 55.4 Å². The number of benzene rings is 2. The Morgan fingerprint density at radius 1 is 0.950 bits per heavy atom. The fourth-order valence-electron chi connectivity index (χ4n) is 1.70. The van der Waals surface area contributed by atoms with Crippen LogP contribution in [-0.2, 0) is 0 Å². The molecule has 0 amide bonds. The van der Waals surface area contributed by atoms with E-state index in [2.05, 4.69) is 33.8 Å². The number of nitrogens with zero attached hydrogens (tertiary/aromatic N) is 2. The van der Waals surface area contributed by atoms with Gasteiger partial charge in [0.25, 0.3) is 0 Å². The lowest BCUT2D eigenvalue weighted by Crippen LogP contribution is -2.07. The number of hydrogen-bond donors (Lipinski definition) is 0. The minimum atomic E-state index is 0.580. The predicted octanol–water partition coefficient (Wildman–Crippen LogP) is 3.79. The molecule has 0 aliphatic carbocycles.